The molecule has 22 heavy (non-hydrogen) atoms. The van der Waals surface area contributed by atoms with E-state index in [-0.39, 0.29) is 0 Å². The van der Waals surface area contributed by atoms with Gasteiger partial charge in [0.2, 0.25) is 0 Å². The van der Waals surface area contributed by atoms with E-state index in [1.807, 2.05) is 6.33 Å². The van der Waals surface area contributed by atoms with Gasteiger partial charge < -0.3 is 9.30 Å². The SMILES string of the molecule is CC1Cc2cc3c(cc2O1)CCn1cnc(-c2cccs2)c1-3. The van der Waals surface area contributed by atoms with Crippen LogP contribution >= 0.6 is 11.3 Å². The molecule has 110 valence electrons. The fourth-order valence-electron chi connectivity index (χ4n) is 3.60. The molecule has 0 amide bonds. The van der Waals surface area contributed by atoms with E-state index in [2.05, 4.69) is 46.1 Å². The summed E-state index contributed by atoms with van der Waals surface area (Å²) in [7, 11) is 0. The normalized spacial score (nSPS) is 18.5. The zero-order valence-corrected chi connectivity index (χ0v) is 13.2. The fraction of sp³-hybridized carbons (Fsp3) is 0.278. The first-order valence-corrected chi connectivity index (χ1v) is 8.59. The van der Waals surface area contributed by atoms with Gasteiger partial charge in [-0.1, -0.05) is 6.07 Å². The second-order valence-electron chi connectivity index (χ2n) is 6.11. The highest BCUT2D eigenvalue weighted by molar-refractivity contribution is 7.13. The van der Waals surface area contributed by atoms with Crippen molar-refractivity contribution in [2.24, 2.45) is 0 Å². The zero-order valence-electron chi connectivity index (χ0n) is 12.4. The van der Waals surface area contributed by atoms with Crippen molar-refractivity contribution in [1.82, 2.24) is 9.55 Å². The number of fused-ring (bicyclic) bond motifs is 4. The van der Waals surface area contributed by atoms with Gasteiger partial charge in [0.25, 0.3) is 0 Å². The van der Waals surface area contributed by atoms with Gasteiger partial charge in [-0.05, 0) is 48.1 Å². The van der Waals surface area contributed by atoms with Gasteiger partial charge in [-0.15, -0.1) is 11.3 Å². The molecular weight excluding hydrogens is 292 g/mol. The lowest BCUT2D eigenvalue weighted by molar-refractivity contribution is 0.254. The highest BCUT2D eigenvalue weighted by atomic mass is 32.1. The maximum Gasteiger partial charge on any atom is 0.123 e. The van der Waals surface area contributed by atoms with E-state index in [0.717, 1.165) is 30.8 Å². The summed E-state index contributed by atoms with van der Waals surface area (Å²) in [6.45, 7) is 3.13. The first-order valence-electron chi connectivity index (χ1n) is 7.71. The lowest BCUT2D eigenvalue weighted by atomic mass is 9.93. The highest BCUT2D eigenvalue weighted by Crippen LogP contribution is 2.42. The summed E-state index contributed by atoms with van der Waals surface area (Å²) in [6.07, 6.45) is 4.33. The van der Waals surface area contributed by atoms with Crippen LogP contribution < -0.4 is 4.74 Å². The molecule has 1 unspecified atom stereocenters. The van der Waals surface area contributed by atoms with Gasteiger partial charge in [0.15, 0.2) is 0 Å². The van der Waals surface area contributed by atoms with Crippen LogP contribution in [0.5, 0.6) is 5.75 Å². The maximum absolute atomic E-state index is 5.92. The third kappa shape index (κ3) is 1.70. The van der Waals surface area contributed by atoms with Crippen molar-refractivity contribution in [2.75, 3.05) is 0 Å². The molecule has 2 aromatic heterocycles. The summed E-state index contributed by atoms with van der Waals surface area (Å²) in [5.41, 5.74) is 6.44. The molecule has 2 aliphatic heterocycles. The number of nitrogens with zero attached hydrogens (tertiary/aromatic N) is 2. The van der Waals surface area contributed by atoms with Gasteiger partial charge in [0, 0.05) is 18.5 Å². The smallest absolute Gasteiger partial charge is 0.123 e. The van der Waals surface area contributed by atoms with Gasteiger partial charge in [-0.3, -0.25) is 0 Å². The lowest BCUT2D eigenvalue weighted by Crippen LogP contribution is -2.10. The molecule has 5 rings (SSSR count). The lowest BCUT2D eigenvalue weighted by Gasteiger charge is -2.20. The number of rotatable bonds is 1. The molecule has 0 saturated heterocycles. The molecular formula is C18H16N2OS. The quantitative estimate of drug-likeness (QED) is 0.675. The van der Waals surface area contributed by atoms with Crippen molar-refractivity contribution < 1.29 is 4.74 Å². The maximum atomic E-state index is 5.92. The second-order valence-corrected chi connectivity index (χ2v) is 7.06. The number of hydrogen-bond acceptors (Lipinski definition) is 3. The largest absolute Gasteiger partial charge is 0.490 e. The van der Waals surface area contributed by atoms with Crippen LogP contribution in [0.1, 0.15) is 18.1 Å². The van der Waals surface area contributed by atoms with Crippen molar-refractivity contribution in [3.8, 4) is 27.6 Å². The molecule has 0 bridgehead atoms. The van der Waals surface area contributed by atoms with Gasteiger partial charge in [-0.2, -0.15) is 0 Å². The Labute approximate surface area is 133 Å². The van der Waals surface area contributed by atoms with Crippen LogP contribution in [0.4, 0.5) is 0 Å². The predicted octanol–water partition coefficient (Wildman–Crippen LogP) is 4.16. The number of hydrogen-bond donors (Lipinski definition) is 0. The standard InChI is InChI=1S/C18H16N2OS/c1-11-7-13-8-14-12(9-15(13)21-11)4-5-20-10-19-17(18(14)20)16-3-2-6-22-16/h2-3,6,8-11H,4-5,7H2,1H3. The summed E-state index contributed by atoms with van der Waals surface area (Å²) in [5.74, 6) is 1.08. The number of imidazole rings is 1. The molecule has 0 spiro atoms. The highest BCUT2D eigenvalue weighted by Gasteiger charge is 2.27. The fourth-order valence-corrected chi connectivity index (χ4v) is 4.32. The van der Waals surface area contributed by atoms with Crippen LogP contribution in [0.25, 0.3) is 21.8 Å². The Morgan fingerprint density at radius 1 is 1.32 bits per heavy atom. The van der Waals surface area contributed by atoms with E-state index in [9.17, 15) is 0 Å². The molecule has 4 heterocycles. The Morgan fingerprint density at radius 2 is 2.27 bits per heavy atom. The number of ether oxygens (including phenoxy) is 1. The summed E-state index contributed by atoms with van der Waals surface area (Å²) in [4.78, 5) is 5.93. The van der Waals surface area contributed by atoms with Crippen molar-refractivity contribution in [2.45, 2.75) is 32.4 Å². The molecule has 0 saturated carbocycles. The number of aromatic nitrogens is 2. The van der Waals surface area contributed by atoms with Crippen LogP contribution in [0.3, 0.4) is 0 Å². The molecule has 3 aromatic rings. The van der Waals surface area contributed by atoms with Crippen molar-refractivity contribution in [1.29, 1.82) is 0 Å². The second kappa shape index (κ2) is 4.46. The van der Waals surface area contributed by atoms with Crippen molar-refractivity contribution >= 4 is 11.3 Å². The third-order valence-electron chi connectivity index (χ3n) is 4.59. The Bertz CT molecular complexity index is 864. The van der Waals surface area contributed by atoms with Crippen LogP contribution in [0.2, 0.25) is 0 Å². The molecule has 0 radical (unpaired) electrons. The average Bonchev–Trinajstić information content (AvgIpc) is 3.22. The minimum atomic E-state index is 0.292. The van der Waals surface area contributed by atoms with Crippen LogP contribution in [0, 0.1) is 0 Å². The molecule has 2 aliphatic rings. The molecule has 3 nitrogen and oxygen atoms in total. The Balaban J connectivity index is 1.73. The van der Waals surface area contributed by atoms with Crippen LogP contribution in [-0.2, 0) is 19.4 Å². The van der Waals surface area contributed by atoms with Crippen LogP contribution in [0.15, 0.2) is 36.0 Å². The molecule has 1 atom stereocenters. The van der Waals surface area contributed by atoms with Crippen molar-refractivity contribution in [3.63, 3.8) is 0 Å². The summed E-state index contributed by atoms with van der Waals surface area (Å²) in [6, 6.07) is 8.83. The van der Waals surface area contributed by atoms with Gasteiger partial charge in [0.05, 0.1) is 16.9 Å². The Morgan fingerprint density at radius 3 is 3.14 bits per heavy atom. The zero-order chi connectivity index (χ0) is 14.7. The molecule has 0 N–H and O–H groups in total. The predicted molar refractivity (Wildman–Crippen MR) is 88.5 cm³/mol. The molecule has 0 aliphatic carbocycles. The summed E-state index contributed by atoms with van der Waals surface area (Å²) < 4.78 is 8.22. The van der Waals surface area contributed by atoms with Gasteiger partial charge in [0.1, 0.15) is 17.5 Å². The average molecular weight is 308 g/mol. The first-order chi connectivity index (χ1) is 10.8. The Kier molecular flexibility index (Phi) is 2.53. The topological polar surface area (TPSA) is 27.1 Å². The van der Waals surface area contributed by atoms with E-state index in [1.165, 1.54) is 27.3 Å². The monoisotopic (exact) mass is 308 g/mol. The van der Waals surface area contributed by atoms with E-state index in [0.29, 0.717) is 6.10 Å². The Hall–Kier alpha value is -2.07. The van der Waals surface area contributed by atoms with Crippen molar-refractivity contribution in [3.05, 3.63) is 47.1 Å². The van der Waals surface area contributed by atoms with Crippen LogP contribution in [-0.4, -0.2) is 15.7 Å². The summed E-state index contributed by atoms with van der Waals surface area (Å²) >= 11 is 1.75. The minimum absolute atomic E-state index is 0.292. The third-order valence-corrected chi connectivity index (χ3v) is 5.47. The number of thiophene rings is 1. The van der Waals surface area contributed by atoms with E-state index in [4.69, 9.17) is 4.74 Å². The first kappa shape index (κ1) is 12.5. The van der Waals surface area contributed by atoms with E-state index >= 15 is 0 Å². The molecule has 0 fully saturated rings. The number of aryl methyl sites for hydroxylation is 2. The van der Waals surface area contributed by atoms with E-state index < -0.39 is 0 Å². The molecule has 4 heteroatoms. The number of benzene rings is 1. The van der Waals surface area contributed by atoms with Gasteiger partial charge >= 0.3 is 0 Å². The minimum Gasteiger partial charge on any atom is -0.490 e. The molecule has 1 aromatic carbocycles. The summed E-state index contributed by atoms with van der Waals surface area (Å²) in [5, 5.41) is 2.11. The van der Waals surface area contributed by atoms with Gasteiger partial charge in [-0.25, -0.2) is 4.98 Å². The van der Waals surface area contributed by atoms with E-state index in [1.54, 1.807) is 11.3 Å².